The number of hydrogen-bond donors (Lipinski definition) is 1. The molecule has 1 amide bonds. The number of benzene rings is 2. The molecule has 2 aromatic carbocycles. The number of rotatable bonds is 9. The highest BCUT2D eigenvalue weighted by Gasteiger charge is 2.31. The monoisotopic (exact) mass is 376 g/mol. The van der Waals surface area contributed by atoms with Gasteiger partial charge in [-0.05, 0) is 30.7 Å². The summed E-state index contributed by atoms with van der Waals surface area (Å²) in [5.41, 5.74) is 0.470. The Kier molecular flexibility index (Phi) is 7.03. The Morgan fingerprint density at radius 3 is 2.19 bits per heavy atom. The third-order valence-electron chi connectivity index (χ3n) is 3.75. The molecule has 0 aliphatic heterocycles. The van der Waals surface area contributed by atoms with Crippen molar-refractivity contribution in [1.29, 1.82) is 0 Å². The molecule has 140 valence electrons. The summed E-state index contributed by atoms with van der Waals surface area (Å²) in [6.07, 6.45) is 1.46. The maximum absolute atomic E-state index is 12.6. The molecule has 0 unspecified atom stereocenters. The lowest BCUT2D eigenvalue weighted by atomic mass is 10.2. The van der Waals surface area contributed by atoms with Crippen LogP contribution in [0.4, 0.5) is 5.69 Å². The van der Waals surface area contributed by atoms with Crippen molar-refractivity contribution in [3.8, 4) is 5.75 Å². The van der Waals surface area contributed by atoms with Gasteiger partial charge >= 0.3 is 0 Å². The van der Waals surface area contributed by atoms with Gasteiger partial charge in [-0.3, -0.25) is 9.10 Å². The molecule has 0 radical (unpaired) electrons. The molecule has 26 heavy (non-hydrogen) atoms. The summed E-state index contributed by atoms with van der Waals surface area (Å²) in [5, 5.41) is 2.76. The Labute approximate surface area is 154 Å². The Morgan fingerprint density at radius 1 is 1.08 bits per heavy atom. The predicted molar refractivity (Wildman–Crippen MR) is 103 cm³/mol. The molecule has 2 aromatic rings. The lowest BCUT2D eigenvalue weighted by Crippen LogP contribution is -2.49. The number of anilines is 1. The quantitative estimate of drug-likeness (QED) is 0.682. The number of sulfonamides is 1. The van der Waals surface area contributed by atoms with Gasteiger partial charge in [0.25, 0.3) is 0 Å². The van der Waals surface area contributed by atoms with Crippen LogP contribution < -0.4 is 14.4 Å². The van der Waals surface area contributed by atoms with Gasteiger partial charge in [-0.1, -0.05) is 43.3 Å². The fourth-order valence-corrected chi connectivity index (χ4v) is 3.82. The number of hydrogen-bond acceptors (Lipinski definition) is 4. The maximum Gasteiger partial charge on any atom is 0.244 e. The van der Waals surface area contributed by atoms with E-state index in [9.17, 15) is 13.2 Å². The van der Waals surface area contributed by atoms with E-state index in [0.717, 1.165) is 12.0 Å². The summed E-state index contributed by atoms with van der Waals surface area (Å²) in [5.74, 6) is 0.370. The Balaban J connectivity index is 2.01. The van der Waals surface area contributed by atoms with Gasteiger partial charge in [0.15, 0.2) is 0 Å². The first kappa shape index (κ1) is 19.8. The molecule has 2 rings (SSSR count). The first-order valence-electron chi connectivity index (χ1n) is 8.43. The number of amides is 1. The zero-order valence-electron chi connectivity index (χ0n) is 15.0. The average Bonchev–Trinajstić information content (AvgIpc) is 2.63. The van der Waals surface area contributed by atoms with Crippen molar-refractivity contribution < 1.29 is 17.9 Å². The molecule has 6 nitrogen and oxygen atoms in total. The standard InChI is InChI=1S/C19H24N2O4S/c1-3-18(21(26(2,23)24)16-10-6-4-7-11-16)19(22)20-14-15-25-17-12-8-5-9-13-17/h4-13,18H,3,14-15H2,1-2H3,(H,20,22)/t18-/m1/s1. The number of ether oxygens (including phenoxy) is 1. The average molecular weight is 376 g/mol. The fourth-order valence-electron chi connectivity index (χ4n) is 2.61. The molecule has 0 aliphatic carbocycles. The van der Waals surface area contributed by atoms with E-state index < -0.39 is 16.1 Å². The largest absolute Gasteiger partial charge is 0.492 e. The molecule has 0 fully saturated rings. The molecule has 0 aliphatic rings. The van der Waals surface area contributed by atoms with Gasteiger partial charge in [-0.15, -0.1) is 0 Å². The first-order chi connectivity index (χ1) is 12.4. The van der Waals surface area contributed by atoms with Crippen LogP contribution in [0.5, 0.6) is 5.75 Å². The van der Waals surface area contributed by atoms with E-state index in [1.54, 1.807) is 37.3 Å². The van der Waals surface area contributed by atoms with Crippen LogP contribution in [0.1, 0.15) is 13.3 Å². The number of carbonyl (C=O) groups excluding carboxylic acids is 1. The molecule has 1 N–H and O–H groups in total. The van der Waals surface area contributed by atoms with Crippen molar-refractivity contribution in [3.05, 3.63) is 60.7 Å². The van der Waals surface area contributed by atoms with Crippen molar-refractivity contribution in [2.45, 2.75) is 19.4 Å². The van der Waals surface area contributed by atoms with Crippen LogP contribution in [0.25, 0.3) is 0 Å². The molecular weight excluding hydrogens is 352 g/mol. The van der Waals surface area contributed by atoms with E-state index in [1.165, 1.54) is 4.31 Å². The van der Waals surface area contributed by atoms with E-state index in [2.05, 4.69) is 5.32 Å². The van der Waals surface area contributed by atoms with Gasteiger partial charge in [-0.25, -0.2) is 8.42 Å². The van der Waals surface area contributed by atoms with Crippen LogP contribution in [0.3, 0.4) is 0 Å². The molecule has 0 saturated carbocycles. The number of nitrogens with one attached hydrogen (secondary N) is 1. The number of para-hydroxylation sites is 2. The second-order valence-electron chi connectivity index (χ2n) is 5.77. The minimum absolute atomic E-state index is 0.288. The van der Waals surface area contributed by atoms with E-state index in [-0.39, 0.29) is 12.5 Å². The molecule has 1 atom stereocenters. The topological polar surface area (TPSA) is 75.7 Å². The minimum Gasteiger partial charge on any atom is -0.492 e. The summed E-state index contributed by atoms with van der Waals surface area (Å²) in [7, 11) is -3.61. The van der Waals surface area contributed by atoms with Crippen molar-refractivity contribution >= 4 is 21.6 Å². The molecule has 0 bridgehead atoms. The van der Waals surface area contributed by atoms with Gasteiger partial charge in [0.05, 0.1) is 18.5 Å². The van der Waals surface area contributed by atoms with Crippen LogP contribution >= 0.6 is 0 Å². The minimum atomic E-state index is -3.61. The van der Waals surface area contributed by atoms with Crippen molar-refractivity contribution in [2.75, 3.05) is 23.7 Å². The van der Waals surface area contributed by atoms with Crippen molar-refractivity contribution in [2.24, 2.45) is 0 Å². The molecule has 0 aromatic heterocycles. The van der Waals surface area contributed by atoms with Crippen molar-refractivity contribution in [1.82, 2.24) is 5.32 Å². The number of nitrogens with zero attached hydrogens (tertiary/aromatic N) is 1. The predicted octanol–water partition coefficient (Wildman–Crippen LogP) is 2.43. The highest BCUT2D eigenvalue weighted by atomic mass is 32.2. The highest BCUT2D eigenvalue weighted by Crippen LogP contribution is 2.21. The van der Waals surface area contributed by atoms with E-state index in [0.29, 0.717) is 18.7 Å². The highest BCUT2D eigenvalue weighted by molar-refractivity contribution is 7.92. The van der Waals surface area contributed by atoms with Crippen LogP contribution in [-0.4, -0.2) is 39.8 Å². The molecule has 0 saturated heterocycles. The fraction of sp³-hybridized carbons (Fsp3) is 0.316. The van der Waals surface area contributed by atoms with Crippen LogP contribution in [0, 0.1) is 0 Å². The maximum atomic E-state index is 12.6. The van der Waals surface area contributed by atoms with Gasteiger partial charge in [0.1, 0.15) is 18.4 Å². The molecule has 7 heteroatoms. The summed E-state index contributed by atoms with van der Waals surface area (Å²) in [6, 6.07) is 17.1. The van der Waals surface area contributed by atoms with Gasteiger partial charge < -0.3 is 10.1 Å². The van der Waals surface area contributed by atoms with E-state index in [4.69, 9.17) is 4.74 Å². The Morgan fingerprint density at radius 2 is 1.65 bits per heavy atom. The lowest BCUT2D eigenvalue weighted by molar-refractivity contribution is -0.122. The Bertz CT molecular complexity index is 795. The summed E-state index contributed by atoms with van der Waals surface area (Å²) >= 11 is 0. The van der Waals surface area contributed by atoms with E-state index >= 15 is 0 Å². The smallest absolute Gasteiger partial charge is 0.244 e. The SMILES string of the molecule is CC[C@H](C(=O)NCCOc1ccccc1)N(c1ccccc1)S(C)(=O)=O. The van der Waals surface area contributed by atoms with Gasteiger partial charge in [0.2, 0.25) is 15.9 Å². The van der Waals surface area contributed by atoms with Crippen LogP contribution in [0.2, 0.25) is 0 Å². The number of carbonyl (C=O) groups is 1. The van der Waals surface area contributed by atoms with Crippen LogP contribution in [0.15, 0.2) is 60.7 Å². The summed E-state index contributed by atoms with van der Waals surface area (Å²) in [6.45, 7) is 2.37. The third-order valence-corrected chi connectivity index (χ3v) is 4.93. The molecule has 0 spiro atoms. The second kappa shape index (κ2) is 9.24. The van der Waals surface area contributed by atoms with Crippen LogP contribution in [-0.2, 0) is 14.8 Å². The lowest BCUT2D eigenvalue weighted by Gasteiger charge is -2.30. The first-order valence-corrected chi connectivity index (χ1v) is 10.3. The van der Waals surface area contributed by atoms with Gasteiger partial charge in [-0.2, -0.15) is 0 Å². The second-order valence-corrected chi connectivity index (χ2v) is 7.63. The Hall–Kier alpha value is -2.54. The zero-order chi connectivity index (χ0) is 19.0. The normalized spacial score (nSPS) is 12.2. The summed E-state index contributed by atoms with van der Waals surface area (Å²) in [4.78, 5) is 12.6. The van der Waals surface area contributed by atoms with Crippen molar-refractivity contribution in [3.63, 3.8) is 0 Å². The molecule has 0 heterocycles. The third kappa shape index (κ3) is 5.49. The van der Waals surface area contributed by atoms with Gasteiger partial charge in [0, 0.05) is 0 Å². The summed E-state index contributed by atoms with van der Waals surface area (Å²) < 4.78 is 31.2. The van der Waals surface area contributed by atoms with E-state index in [1.807, 2.05) is 30.3 Å². The molecular formula is C19H24N2O4S. The zero-order valence-corrected chi connectivity index (χ0v) is 15.8.